The smallest absolute Gasteiger partial charge is 0.214 e. The minimum atomic E-state index is -3.02. The highest BCUT2D eigenvalue weighted by Gasteiger charge is 2.18. The van der Waals surface area contributed by atoms with Crippen LogP contribution >= 0.6 is 0 Å². The zero-order chi connectivity index (χ0) is 11.7. The first-order valence-corrected chi connectivity index (χ1v) is 7.37. The average Bonchev–Trinajstić information content (AvgIpc) is 2.20. The molecule has 0 aromatic carbocycles. The average molecular weight is 236 g/mol. The molecule has 4 nitrogen and oxygen atoms in total. The van der Waals surface area contributed by atoms with Crippen molar-refractivity contribution in [1.29, 1.82) is 0 Å². The molecule has 0 rings (SSSR count). The van der Waals surface area contributed by atoms with Gasteiger partial charge in [0.1, 0.15) is 0 Å². The number of hydrogen-bond donors (Lipinski definition) is 1. The molecule has 0 radical (unpaired) electrons. The van der Waals surface area contributed by atoms with Gasteiger partial charge in [0.05, 0.1) is 5.75 Å². The van der Waals surface area contributed by atoms with Gasteiger partial charge in [0.2, 0.25) is 10.0 Å². The fourth-order valence-corrected chi connectivity index (χ4v) is 3.05. The molecule has 0 aliphatic heterocycles. The Bertz CT molecular complexity index is 240. The highest BCUT2D eigenvalue weighted by Crippen LogP contribution is 2.03. The van der Waals surface area contributed by atoms with E-state index >= 15 is 0 Å². The lowest BCUT2D eigenvalue weighted by Gasteiger charge is -2.19. The minimum absolute atomic E-state index is 0.258. The second kappa shape index (κ2) is 8.07. The molecule has 0 amide bonds. The van der Waals surface area contributed by atoms with Gasteiger partial charge in [-0.15, -0.1) is 0 Å². The van der Waals surface area contributed by atoms with Crippen LogP contribution in [0.1, 0.15) is 33.6 Å². The molecule has 0 aromatic rings. The Kier molecular flexibility index (Phi) is 8.00. The predicted molar refractivity (Wildman–Crippen MR) is 64.5 cm³/mol. The standard InChI is InChI=1S/C10H24N2O2S/c1-4-9-12(6-3)15(13,14)10-7-8-11-5-2/h11H,4-10H2,1-3H3. The molecule has 92 valence electrons. The van der Waals surface area contributed by atoms with Crippen molar-refractivity contribution < 1.29 is 8.42 Å². The van der Waals surface area contributed by atoms with E-state index in [-0.39, 0.29) is 5.75 Å². The number of hydrogen-bond acceptors (Lipinski definition) is 3. The van der Waals surface area contributed by atoms with E-state index in [0.717, 1.165) is 19.5 Å². The number of nitrogens with zero attached hydrogens (tertiary/aromatic N) is 1. The van der Waals surface area contributed by atoms with Crippen molar-refractivity contribution >= 4 is 10.0 Å². The summed E-state index contributed by atoms with van der Waals surface area (Å²) < 4.78 is 25.2. The Morgan fingerprint density at radius 1 is 1.20 bits per heavy atom. The summed E-state index contributed by atoms with van der Waals surface area (Å²) in [7, 11) is -3.02. The second-order valence-electron chi connectivity index (χ2n) is 3.51. The molecule has 0 saturated heterocycles. The van der Waals surface area contributed by atoms with Crippen molar-refractivity contribution in [3.8, 4) is 0 Å². The van der Waals surface area contributed by atoms with Crippen LogP contribution in [0.4, 0.5) is 0 Å². The van der Waals surface area contributed by atoms with Crippen LogP contribution in [0.2, 0.25) is 0 Å². The Morgan fingerprint density at radius 2 is 1.87 bits per heavy atom. The molecular formula is C10H24N2O2S. The third-order valence-electron chi connectivity index (χ3n) is 2.22. The highest BCUT2D eigenvalue weighted by molar-refractivity contribution is 7.89. The van der Waals surface area contributed by atoms with Crippen LogP contribution in [0.5, 0.6) is 0 Å². The van der Waals surface area contributed by atoms with Gasteiger partial charge in [-0.05, 0) is 25.9 Å². The maximum absolute atomic E-state index is 11.8. The van der Waals surface area contributed by atoms with Gasteiger partial charge in [0, 0.05) is 13.1 Å². The molecule has 0 aromatic heterocycles. The van der Waals surface area contributed by atoms with Crippen LogP contribution in [-0.4, -0.2) is 44.7 Å². The highest BCUT2D eigenvalue weighted by atomic mass is 32.2. The molecule has 0 fully saturated rings. The van der Waals surface area contributed by atoms with Gasteiger partial charge < -0.3 is 5.32 Å². The van der Waals surface area contributed by atoms with Crippen molar-refractivity contribution in [1.82, 2.24) is 9.62 Å². The third-order valence-corrected chi connectivity index (χ3v) is 4.26. The molecule has 0 heterocycles. The van der Waals surface area contributed by atoms with E-state index in [4.69, 9.17) is 0 Å². The molecule has 0 saturated carbocycles. The maximum Gasteiger partial charge on any atom is 0.214 e. The van der Waals surface area contributed by atoms with Crippen LogP contribution in [0.25, 0.3) is 0 Å². The summed E-state index contributed by atoms with van der Waals surface area (Å²) in [4.78, 5) is 0. The largest absolute Gasteiger partial charge is 0.317 e. The first-order valence-electron chi connectivity index (χ1n) is 5.77. The fourth-order valence-electron chi connectivity index (χ4n) is 1.43. The molecule has 0 spiro atoms. The Balaban J connectivity index is 4.02. The van der Waals surface area contributed by atoms with Crippen molar-refractivity contribution in [2.75, 3.05) is 31.9 Å². The Labute approximate surface area is 94.1 Å². The molecular weight excluding hydrogens is 212 g/mol. The van der Waals surface area contributed by atoms with E-state index in [9.17, 15) is 8.42 Å². The summed E-state index contributed by atoms with van der Waals surface area (Å²) in [6.07, 6.45) is 1.57. The van der Waals surface area contributed by atoms with Crippen molar-refractivity contribution in [3.63, 3.8) is 0 Å². The lowest BCUT2D eigenvalue weighted by atomic mass is 10.5. The first-order chi connectivity index (χ1) is 7.08. The van der Waals surface area contributed by atoms with Crippen LogP contribution < -0.4 is 5.32 Å². The summed E-state index contributed by atoms with van der Waals surface area (Å²) in [5.74, 6) is 0.258. The number of sulfonamides is 1. The van der Waals surface area contributed by atoms with Gasteiger partial charge in [-0.25, -0.2) is 12.7 Å². The molecule has 0 aliphatic carbocycles. The molecule has 0 aliphatic rings. The van der Waals surface area contributed by atoms with Crippen molar-refractivity contribution in [2.45, 2.75) is 33.6 Å². The van der Waals surface area contributed by atoms with Gasteiger partial charge in [-0.2, -0.15) is 0 Å². The molecule has 0 bridgehead atoms. The Morgan fingerprint density at radius 3 is 2.33 bits per heavy atom. The maximum atomic E-state index is 11.8. The monoisotopic (exact) mass is 236 g/mol. The molecule has 15 heavy (non-hydrogen) atoms. The van der Waals surface area contributed by atoms with Crippen LogP contribution in [0.3, 0.4) is 0 Å². The van der Waals surface area contributed by atoms with E-state index in [1.54, 1.807) is 4.31 Å². The molecule has 0 atom stereocenters. The van der Waals surface area contributed by atoms with E-state index in [1.807, 2.05) is 20.8 Å². The summed E-state index contributed by atoms with van der Waals surface area (Å²) in [5.41, 5.74) is 0. The van der Waals surface area contributed by atoms with Crippen molar-refractivity contribution in [2.24, 2.45) is 0 Å². The van der Waals surface area contributed by atoms with Crippen LogP contribution in [0, 0.1) is 0 Å². The minimum Gasteiger partial charge on any atom is -0.317 e. The van der Waals surface area contributed by atoms with Crippen LogP contribution in [0.15, 0.2) is 0 Å². The van der Waals surface area contributed by atoms with Gasteiger partial charge in [0.25, 0.3) is 0 Å². The first kappa shape index (κ1) is 14.9. The van der Waals surface area contributed by atoms with Crippen molar-refractivity contribution in [3.05, 3.63) is 0 Å². The lowest BCUT2D eigenvalue weighted by Crippen LogP contribution is -2.34. The summed E-state index contributed by atoms with van der Waals surface area (Å²) in [5, 5.41) is 3.13. The predicted octanol–water partition coefficient (Wildman–Crippen LogP) is 1.05. The number of rotatable bonds is 9. The lowest BCUT2D eigenvalue weighted by molar-refractivity contribution is 0.426. The number of nitrogens with one attached hydrogen (secondary N) is 1. The van der Waals surface area contributed by atoms with Gasteiger partial charge in [0.15, 0.2) is 0 Å². The summed E-state index contributed by atoms with van der Waals surface area (Å²) in [6, 6.07) is 0. The second-order valence-corrected chi connectivity index (χ2v) is 5.60. The van der Waals surface area contributed by atoms with Gasteiger partial charge in [-0.1, -0.05) is 20.8 Å². The fraction of sp³-hybridized carbons (Fsp3) is 1.00. The SMILES string of the molecule is CCCN(CC)S(=O)(=O)CCCNCC. The molecule has 1 N–H and O–H groups in total. The van der Waals surface area contributed by atoms with E-state index in [1.165, 1.54) is 0 Å². The van der Waals surface area contributed by atoms with Gasteiger partial charge >= 0.3 is 0 Å². The third kappa shape index (κ3) is 6.12. The zero-order valence-corrected chi connectivity index (χ0v) is 10.9. The summed E-state index contributed by atoms with van der Waals surface area (Å²) >= 11 is 0. The van der Waals surface area contributed by atoms with Gasteiger partial charge in [-0.3, -0.25) is 0 Å². The Hall–Kier alpha value is -0.130. The van der Waals surface area contributed by atoms with E-state index < -0.39 is 10.0 Å². The quantitative estimate of drug-likeness (QED) is 0.609. The van der Waals surface area contributed by atoms with E-state index in [0.29, 0.717) is 19.5 Å². The molecule has 0 unspecified atom stereocenters. The normalized spacial score (nSPS) is 12.3. The van der Waals surface area contributed by atoms with Crippen LogP contribution in [-0.2, 0) is 10.0 Å². The molecule has 5 heteroatoms. The topological polar surface area (TPSA) is 49.4 Å². The summed E-state index contributed by atoms with van der Waals surface area (Å²) in [6.45, 7) is 8.79. The zero-order valence-electron chi connectivity index (χ0n) is 10.1. The van der Waals surface area contributed by atoms with E-state index in [2.05, 4.69) is 5.32 Å².